The number of hydrogen-bond donors (Lipinski definition) is 0. The van der Waals surface area contributed by atoms with Crippen LogP contribution in [0.5, 0.6) is 0 Å². The molecular weight excluding hydrogens is 536 g/mol. The Morgan fingerprint density at radius 2 is 1.53 bits per heavy atom. The lowest BCUT2D eigenvalue weighted by molar-refractivity contribution is -0.185. The summed E-state index contributed by atoms with van der Waals surface area (Å²) in [5, 5.41) is 0. The third-order valence-corrected chi connectivity index (χ3v) is 14.0. The Hall–Kier alpha value is -0.920. The molecule has 43 heavy (non-hydrogen) atoms. The summed E-state index contributed by atoms with van der Waals surface area (Å²) in [6, 6.07) is 2.22. The van der Waals surface area contributed by atoms with Crippen LogP contribution in [-0.2, 0) is 19.8 Å². The van der Waals surface area contributed by atoms with Crippen LogP contribution in [0.1, 0.15) is 103 Å². The third-order valence-electron chi connectivity index (χ3n) is 14.0. The second-order valence-corrected chi connectivity index (χ2v) is 15.8. The number of rotatable bonds is 12. The molecule has 0 amide bonds. The Morgan fingerprint density at radius 3 is 2.28 bits per heavy atom. The maximum atomic E-state index is 7.15. The van der Waals surface area contributed by atoms with E-state index < -0.39 is 0 Å². The van der Waals surface area contributed by atoms with Gasteiger partial charge in [-0.25, -0.2) is 0 Å². The molecule has 4 saturated carbocycles. The van der Waals surface area contributed by atoms with Crippen molar-refractivity contribution >= 4 is 0 Å². The van der Waals surface area contributed by atoms with E-state index in [9.17, 15) is 0 Å². The van der Waals surface area contributed by atoms with Crippen LogP contribution < -0.4 is 0 Å². The van der Waals surface area contributed by atoms with E-state index >= 15 is 0 Å². The van der Waals surface area contributed by atoms with Crippen LogP contribution in [0, 0.1) is 34.5 Å². The van der Waals surface area contributed by atoms with Gasteiger partial charge in [-0.2, -0.15) is 0 Å². The van der Waals surface area contributed by atoms with Crippen LogP contribution in [0.3, 0.4) is 0 Å². The van der Waals surface area contributed by atoms with Crippen LogP contribution in [0.15, 0.2) is 23.0 Å². The molecule has 2 saturated heterocycles. The van der Waals surface area contributed by atoms with Crippen molar-refractivity contribution in [2.45, 2.75) is 109 Å². The molecule has 242 valence electrons. The molecule has 0 bridgehead atoms. The summed E-state index contributed by atoms with van der Waals surface area (Å²) in [7, 11) is 0. The molecule has 6 heteroatoms. The van der Waals surface area contributed by atoms with Gasteiger partial charge in [-0.05, 0) is 145 Å². The Labute approximate surface area is 261 Å². The van der Waals surface area contributed by atoms with Gasteiger partial charge in [0.2, 0.25) is 0 Å². The van der Waals surface area contributed by atoms with E-state index in [1.807, 2.05) is 12.5 Å². The Balaban J connectivity index is 0.955. The van der Waals surface area contributed by atoms with Crippen LogP contribution in [0.25, 0.3) is 0 Å². The molecule has 1 aromatic heterocycles. The molecule has 2 aliphatic heterocycles. The van der Waals surface area contributed by atoms with E-state index in [-0.39, 0.29) is 11.0 Å². The zero-order valence-electron chi connectivity index (χ0n) is 27.4. The van der Waals surface area contributed by atoms with Crippen molar-refractivity contribution < 1.29 is 18.6 Å². The van der Waals surface area contributed by atoms with E-state index in [2.05, 4.69) is 29.7 Å². The summed E-state index contributed by atoms with van der Waals surface area (Å²) in [5.41, 5.74) is 1.75. The molecule has 0 unspecified atom stereocenters. The Morgan fingerprint density at radius 1 is 0.791 bits per heavy atom. The van der Waals surface area contributed by atoms with Gasteiger partial charge >= 0.3 is 0 Å². The Bertz CT molecular complexity index is 1020. The van der Waals surface area contributed by atoms with Gasteiger partial charge < -0.3 is 28.4 Å². The molecule has 1 aromatic rings. The van der Waals surface area contributed by atoms with Gasteiger partial charge in [0.15, 0.2) is 0 Å². The molecule has 8 atom stereocenters. The summed E-state index contributed by atoms with van der Waals surface area (Å²) >= 11 is 0. The number of hydrogen-bond acceptors (Lipinski definition) is 6. The molecule has 6 nitrogen and oxygen atoms in total. The molecule has 6 aliphatic rings. The first kappa shape index (κ1) is 30.7. The van der Waals surface area contributed by atoms with Crippen molar-refractivity contribution in [1.29, 1.82) is 0 Å². The standard InChI is InChI=1S/C37H60N2O4/c1-35-13-9-31(42-26-25-40-23-20-38-16-3-4-17-38)27-29(35)7-8-32-33(35)10-14-36(2)34(32)11-15-37(36,30-12-22-41-28-30)43-24-21-39-18-5-6-19-39/h12,22,28-29,31-34H,3-11,13-21,23-27H2,1-2H3/t29-,31+,32-,33+,34+,35+,36+,37-/m1/s1. The summed E-state index contributed by atoms with van der Waals surface area (Å²) in [6.45, 7) is 15.6. The third kappa shape index (κ3) is 5.79. The van der Waals surface area contributed by atoms with Crippen molar-refractivity contribution in [1.82, 2.24) is 9.80 Å². The first-order valence-corrected chi connectivity index (χ1v) is 18.3. The second kappa shape index (κ2) is 13.1. The molecule has 0 aromatic carbocycles. The highest BCUT2D eigenvalue weighted by Crippen LogP contribution is 2.71. The molecule has 3 heterocycles. The highest BCUT2D eigenvalue weighted by molar-refractivity contribution is 5.27. The minimum Gasteiger partial charge on any atom is -0.472 e. The van der Waals surface area contributed by atoms with Crippen LogP contribution in [-0.4, -0.2) is 81.6 Å². The fourth-order valence-corrected chi connectivity index (χ4v) is 11.6. The van der Waals surface area contributed by atoms with Crippen LogP contribution in [0.2, 0.25) is 0 Å². The van der Waals surface area contributed by atoms with Gasteiger partial charge in [0.25, 0.3) is 0 Å². The molecule has 0 radical (unpaired) electrons. The lowest BCUT2D eigenvalue weighted by Crippen LogP contribution is -2.56. The van der Waals surface area contributed by atoms with E-state index in [4.69, 9.17) is 18.6 Å². The number of ether oxygens (including phenoxy) is 3. The van der Waals surface area contributed by atoms with Crippen LogP contribution >= 0.6 is 0 Å². The van der Waals surface area contributed by atoms with Gasteiger partial charge in [0.05, 0.1) is 45.1 Å². The van der Waals surface area contributed by atoms with Gasteiger partial charge in [0, 0.05) is 24.1 Å². The topological polar surface area (TPSA) is 47.3 Å². The molecule has 4 aliphatic carbocycles. The average Bonchev–Trinajstić information content (AvgIpc) is 3.83. The lowest BCUT2D eigenvalue weighted by Gasteiger charge is -2.62. The SMILES string of the molecule is C[C@]12CC[C@H](OCCOCCN3CCCC3)C[C@H]1CC[C@@H]1[C@@H]2CC[C@@]2(C)[C@H]1CC[C@@]2(OCCN1CCCC1)c1ccoc1. The summed E-state index contributed by atoms with van der Waals surface area (Å²) in [4.78, 5) is 5.12. The number of fused-ring (bicyclic) bond motifs is 5. The highest BCUT2D eigenvalue weighted by Gasteiger charge is 2.66. The van der Waals surface area contributed by atoms with Crippen molar-refractivity contribution in [2.24, 2.45) is 34.5 Å². The smallest absolute Gasteiger partial charge is 0.102 e. The predicted octanol–water partition coefficient (Wildman–Crippen LogP) is 7.13. The van der Waals surface area contributed by atoms with E-state index in [0.29, 0.717) is 11.5 Å². The van der Waals surface area contributed by atoms with Gasteiger partial charge in [-0.15, -0.1) is 0 Å². The maximum absolute atomic E-state index is 7.15. The molecule has 6 fully saturated rings. The van der Waals surface area contributed by atoms with Crippen molar-refractivity contribution in [3.8, 4) is 0 Å². The van der Waals surface area contributed by atoms with Crippen molar-refractivity contribution in [2.75, 3.05) is 65.7 Å². The largest absolute Gasteiger partial charge is 0.472 e. The van der Waals surface area contributed by atoms with E-state index in [0.717, 1.165) is 69.6 Å². The lowest BCUT2D eigenvalue weighted by atomic mass is 9.44. The molecule has 0 spiro atoms. The quantitative estimate of drug-likeness (QED) is 0.239. The summed E-state index contributed by atoms with van der Waals surface area (Å²) < 4.78 is 25.3. The normalized spacial score (nSPS) is 41.8. The first-order valence-electron chi connectivity index (χ1n) is 18.3. The van der Waals surface area contributed by atoms with E-state index in [1.165, 1.54) is 109 Å². The molecular formula is C37H60N2O4. The Kier molecular flexibility index (Phi) is 9.33. The van der Waals surface area contributed by atoms with Gasteiger partial charge in [-0.3, -0.25) is 0 Å². The number of nitrogens with zero attached hydrogens (tertiary/aromatic N) is 2. The fourth-order valence-electron chi connectivity index (χ4n) is 11.6. The van der Waals surface area contributed by atoms with Crippen LogP contribution in [0.4, 0.5) is 0 Å². The monoisotopic (exact) mass is 596 g/mol. The van der Waals surface area contributed by atoms with E-state index in [1.54, 1.807) is 0 Å². The number of furan rings is 1. The van der Waals surface area contributed by atoms with Crippen molar-refractivity contribution in [3.63, 3.8) is 0 Å². The zero-order valence-corrected chi connectivity index (χ0v) is 27.4. The van der Waals surface area contributed by atoms with Gasteiger partial charge in [-0.1, -0.05) is 13.8 Å². The number of likely N-dealkylation sites (tertiary alicyclic amines) is 2. The summed E-state index contributed by atoms with van der Waals surface area (Å²) in [6.07, 6.45) is 21.4. The van der Waals surface area contributed by atoms with Crippen molar-refractivity contribution in [3.05, 3.63) is 24.2 Å². The minimum atomic E-state index is -0.199. The predicted molar refractivity (Wildman–Crippen MR) is 170 cm³/mol. The molecule has 7 rings (SSSR count). The first-order chi connectivity index (χ1) is 21.0. The average molecular weight is 597 g/mol. The second-order valence-electron chi connectivity index (χ2n) is 15.8. The zero-order chi connectivity index (χ0) is 29.3. The minimum absolute atomic E-state index is 0.182. The fraction of sp³-hybridized carbons (Fsp3) is 0.892. The maximum Gasteiger partial charge on any atom is 0.102 e. The highest BCUT2D eigenvalue weighted by atomic mass is 16.5. The summed E-state index contributed by atoms with van der Waals surface area (Å²) in [5.74, 6) is 3.24. The van der Waals surface area contributed by atoms with Gasteiger partial charge in [0.1, 0.15) is 5.60 Å². The molecule has 0 N–H and O–H groups in total.